The maximum atomic E-state index is 6.07. The SMILES string of the molecule is N[C@@H](c1cc2ccccc2o1)C1CC1. The number of hydrogen-bond acceptors (Lipinski definition) is 2. The lowest BCUT2D eigenvalue weighted by Crippen LogP contribution is -2.10. The number of furan rings is 1. The predicted octanol–water partition coefficient (Wildman–Crippen LogP) is 2.84. The molecule has 0 spiro atoms. The van der Waals surface area contributed by atoms with E-state index in [9.17, 15) is 0 Å². The zero-order valence-electron chi connectivity index (χ0n) is 7.94. The molecule has 0 aliphatic heterocycles. The fraction of sp³-hybridized carbons (Fsp3) is 0.333. The average molecular weight is 187 g/mol. The van der Waals surface area contributed by atoms with E-state index in [-0.39, 0.29) is 6.04 Å². The Hall–Kier alpha value is -1.28. The molecule has 14 heavy (non-hydrogen) atoms. The summed E-state index contributed by atoms with van der Waals surface area (Å²) in [5.74, 6) is 1.59. The van der Waals surface area contributed by atoms with Crippen molar-refractivity contribution in [2.24, 2.45) is 11.7 Å². The van der Waals surface area contributed by atoms with Crippen molar-refractivity contribution >= 4 is 11.0 Å². The molecule has 2 nitrogen and oxygen atoms in total. The lowest BCUT2D eigenvalue weighted by Gasteiger charge is -2.04. The predicted molar refractivity (Wildman–Crippen MR) is 55.9 cm³/mol. The van der Waals surface area contributed by atoms with Gasteiger partial charge in [-0.05, 0) is 30.9 Å². The van der Waals surface area contributed by atoms with Gasteiger partial charge < -0.3 is 10.2 Å². The van der Waals surface area contributed by atoms with Crippen LogP contribution in [0.4, 0.5) is 0 Å². The molecule has 0 radical (unpaired) electrons. The summed E-state index contributed by atoms with van der Waals surface area (Å²) >= 11 is 0. The second kappa shape index (κ2) is 2.85. The molecule has 0 amide bonds. The van der Waals surface area contributed by atoms with E-state index in [2.05, 4.69) is 12.1 Å². The van der Waals surface area contributed by atoms with E-state index in [1.807, 2.05) is 18.2 Å². The molecule has 2 heteroatoms. The highest BCUT2D eigenvalue weighted by molar-refractivity contribution is 5.77. The van der Waals surface area contributed by atoms with Crippen molar-refractivity contribution < 1.29 is 4.42 Å². The van der Waals surface area contributed by atoms with Crippen molar-refractivity contribution in [3.63, 3.8) is 0 Å². The Balaban J connectivity index is 2.04. The first-order valence-corrected chi connectivity index (χ1v) is 5.08. The second-order valence-electron chi connectivity index (χ2n) is 4.05. The molecule has 0 saturated heterocycles. The standard InChI is InChI=1S/C12H13NO/c13-12(8-5-6-8)11-7-9-3-1-2-4-10(9)14-11/h1-4,7-8,12H,5-6,13H2/t12-/m1/s1. The highest BCUT2D eigenvalue weighted by atomic mass is 16.3. The third-order valence-corrected chi connectivity index (χ3v) is 2.90. The van der Waals surface area contributed by atoms with E-state index in [1.165, 1.54) is 12.8 Å². The molecule has 1 aromatic carbocycles. The van der Waals surface area contributed by atoms with Crippen LogP contribution >= 0.6 is 0 Å². The number of nitrogens with two attached hydrogens (primary N) is 1. The van der Waals surface area contributed by atoms with Gasteiger partial charge in [0.2, 0.25) is 0 Å². The molecule has 1 aliphatic rings. The lowest BCUT2D eigenvalue weighted by atomic mass is 10.1. The van der Waals surface area contributed by atoms with Crippen molar-refractivity contribution in [2.45, 2.75) is 18.9 Å². The van der Waals surface area contributed by atoms with Crippen LogP contribution in [0.15, 0.2) is 34.7 Å². The summed E-state index contributed by atoms with van der Waals surface area (Å²) < 4.78 is 5.71. The van der Waals surface area contributed by atoms with E-state index < -0.39 is 0 Å². The molecule has 1 atom stereocenters. The molecular weight excluding hydrogens is 174 g/mol. The summed E-state index contributed by atoms with van der Waals surface area (Å²) in [4.78, 5) is 0. The van der Waals surface area contributed by atoms with Gasteiger partial charge in [-0.1, -0.05) is 18.2 Å². The smallest absolute Gasteiger partial charge is 0.134 e. The van der Waals surface area contributed by atoms with Crippen molar-refractivity contribution in [1.82, 2.24) is 0 Å². The zero-order valence-corrected chi connectivity index (χ0v) is 7.94. The lowest BCUT2D eigenvalue weighted by molar-refractivity contribution is 0.467. The molecular formula is C12H13NO. The monoisotopic (exact) mass is 187 g/mol. The molecule has 0 bridgehead atoms. The number of para-hydroxylation sites is 1. The van der Waals surface area contributed by atoms with Crippen LogP contribution in [0.3, 0.4) is 0 Å². The zero-order chi connectivity index (χ0) is 9.54. The van der Waals surface area contributed by atoms with Gasteiger partial charge in [-0.15, -0.1) is 0 Å². The molecule has 1 aliphatic carbocycles. The molecule has 1 saturated carbocycles. The van der Waals surface area contributed by atoms with Gasteiger partial charge in [-0.25, -0.2) is 0 Å². The number of fused-ring (bicyclic) bond motifs is 1. The summed E-state index contributed by atoms with van der Waals surface area (Å²) in [6, 6.07) is 10.2. The summed E-state index contributed by atoms with van der Waals surface area (Å²) in [7, 11) is 0. The summed E-state index contributed by atoms with van der Waals surface area (Å²) in [6.45, 7) is 0. The molecule has 1 aromatic heterocycles. The molecule has 2 aromatic rings. The van der Waals surface area contributed by atoms with E-state index in [0.29, 0.717) is 5.92 Å². The first-order chi connectivity index (χ1) is 6.84. The van der Waals surface area contributed by atoms with Gasteiger partial charge in [0, 0.05) is 5.39 Å². The van der Waals surface area contributed by atoms with Crippen LogP contribution in [0.25, 0.3) is 11.0 Å². The number of benzene rings is 1. The first kappa shape index (κ1) is 8.06. The van der Waals surface area contributed by atoms with Gasteiger partial charge in [0.15, 0.2) is 0 Å². The van der Waals surface area contributed by atoms with E-state index in [1.54, 1.807) is 0 Å². The summed E-state index contributed by atoms with van der Waals surface area (Å²) in [5, 5.41) is 1.15. The van der Waals surface area contributed by atoms with Gasteiger partial charge in [0.05, 0.1) is 6.04 Å². The van der Waals surface area contributed by atoms with Crippen LogP contribution in [-0.2, 0) is 0 Å². The molecule has 0 unspecified atom stereocenters. The van der Waals surface area contributed by atoms with E-state index in [0.717, 1.165) is 16.7 Å². The minimum absolute atomic E-state index is 0.0994. The summed E-state index contributed by atoms with van der Waals surface area (Å²) in [6.07, 6.45) is 2.50. The van der Waals surface area contributed by atoms with Gasteiger partial charge in [-0.3, -0.25) is 0 Å². The van der Waals surface area contributed by atoms with Crippen molar-refractivity contribution in [3.8, 4) is 0 Å². The van der Waals surface area contributed by atoms with Crippen LogP contribution in [0.2, 0.25) is 0 Å². The molecule has 3 rings (SSSR count). The Bertz CT molecular complexity index is 423. The maximum absolute atomic E-state index is 6.07. The number of hydrogen-bond donors (Lipinski definition) is 1. The highest BCUT2D eigenvalue weighted by Crippen LogP contribution is 2.40. The molecule has 2 N–H and O–H groups in total. The summed E-state index contributed by atoms with van der Waals surface area (Å²) in [5.41, 5.74) is 7.01. The Labute approximate surface area is 82.7 Å². The van der Waals surface area contributed by atoms with Crippen LogP contribution < -0.4 is 5.73 Å². The van der Waals surface area contributed by atoms with E-state index in [4.69, 9.17) is 10.2 Å². The average Bonchev–Trinajstić information content (AvgIpc) is 2.95. The largest absolute Gasteiger partial charge is 0.459 e. The minimum atomic E-state index is 0.0994. The topological polar surface area (TPSA) is 39.2 Å². The normalized spacial score (nSPS) is 18.6. The van der Waals surface area contributed by atoms with Gasteiger partial charge >= 0.3 is 0 Å². The van der Waals surface area contributed by atoms with Crippen molar-refractivity contribution in [3.05, 3.63) is 36.1 Å². The van der Waals surface area contributed by atoms with Crippen molar-refractivity contribution in [2.75, 3.05) is 0 Å². The third kappa shape index (κ3) is 1.23. The van der Waals surface area contributed by atoms with Crippen molar-refractivity contribution in [1.29, 1.82) is 0 Å². The van der Waals surface area contributed by atoms with Crippen LogP contribution in [0, 0.1) is 5.92 Å². The first-order valence-electron chi connectivity index (χ1n) is 5.08. The van der Waals surface area contributed by atoms with Gasteiger partial charge in [0.1, 0.15) is 11.3 Å². The van der Waals surface area contributed by atoms with Crippen LogP contribution in [-0.4, -0.2) is 0 Å². The second-order valence-corrected chi connectivity index (χ2v) is 4.05. The van der Waals surface area contributed by atoms with Gasteiger partial charge in [0.25, 0.3) is 0 Å². The Morgan fingerprint density at radius 1 is 1.29 bits per heavy atom. The maximum Gasteiger partial charge on any atom is 0.134 e. The van der Waals surface area contributed by atoms with E-state index >= 15 is 0 Å². The van der Waals surface area contributed by atoms with Gasteiger partial charge in [-0.2, -0.15) is 0 Å². The number of rotatable bonds is 2. The highest BCUT2D eigenvalue weighted by Gasteiger charge is 2.31. The Kier molecular flexibility index (Phi) is 1.64. The molecule has 1 fully saturated rings. The Morgan fingerprint density at radius 3 is 2.79 bits per heavy atom. The quantitative estimate of drug-likeness (QED) is 0.785. The fourth-order valence-electron chi connectivity index (χ4n) is 1.85. The third-order valence-electron chi connectivity index (χ3n) is 2.90. The molecule has 72 valence electrons. The Morgan fingerprint density at radius 2 is 2.07 bits per heavy atom. The van der Waals surface area contributed by atoms with Crippen LogP contribution in [0.5, 0.6) is 0 Å². The minimum Gasteiger partial charge on any atom is -0.459 e. The molecule has 1 heterocycles. The van der Waals surface area contributed by atoms with Crippen LogP contribution in [0.1, 0.15) is 24.6 Å². The fourth-order valence-corrected chi connectivity index (χ4v) is 1.85.